The number of nitrogens with one attached hydrogen (secondary N) is 1. The minimum Gasteiger partial charge on any atom is -0.351 e. The summed E-state index contributed by atoms with van der Waals surface area (Å²) in [6.45, 7) is 3.02. The average Bonchev–Trinajstić information content (AvgIpc) is 3.16. The topological polar surface area (TPSA) is 104 Å². The summed E-state index contributed by atoms with van der Waals surface area (Å²) in [5.41, 5.74) is 0. The normalized spacial score (nSPS) is 16.6. The van der Waals surface area contributed by atoms with Crippen LogP contribution in [0.2, 0.25) is 0 Å². The van der Waals surface area contributed by atoms with Crippen molar-refractivity contribution in [3.63, 3.8) is 0 Å². The van der Waals surface area contributed by atoms with E-state index in [0.717, 1.165) is 22.8 Å². The maximum absolute atomic E-state index is 12.8. The number of hydrogen-bond donors (Lipinski definition) is 1. The Bertz CT molecular complexity index is 845. The molecule has 2 rings (SSSR count). The van der Waals surface area contributed by atoms with Crippen LogP contribution in [0.25, 0.3) is 0 Å². The number of hydrogen-bond acceptors (Lipinski definition) is 7. The van der Waals surface area contributed by atoms with Gasteiger partial charge in [0.25, 0.3) is 5.91 Å². The number of carbonyl (C=O) groups excluding carboxylic acids is 1. The van der Waals surface area contributed by atoms with Gasteiger partial charge in [0, 0.05) is 44.7 Å². The molecule has 8 nitrogen and oxygen atoms in total. The second kappa shape index (κ2) is 9.70. The van der Waals surface area contributed by atoms with Crippen LogP contribution in [-0.4, -0.2) is 81.8 Å². The third kappa shape index (κ3) is 5.67. The first kappa shape index (κ1) is 22.6. The Morgan fingerprint density at radius 2 is 1.93 bits per heavy atom. The lowest BCUT2D eigenvalue weighted by molar-refractivity contribution is 0.0954. The molecule has 1 amide bonds. The van der Waals surface area contributed by atoms with Gasteiger partial charge < -0.3 is 5.32 Å². The van der Waals surface area contributed by atoms with Crippen LogP contribution in [0.15, 0.2) is 16.3 Å². The minimum absolute atomic E-state index is 0.0290. The second-order valence-corrected chi connectivity index (χ2v) is 12.4. The predicted octanol–water partition coefficient (Wildman–Crippen LogP) is 0.887. The number of carbonyl (C=O) groups is 1. The number of amides is 1. The highest BCUT2D eigenvalue weighted by Gasteiger charge is 2.31. The van der Waals surface area contributed by atoms with E-state index in [1.165, 1.54) is 21.7 Å². The van der Waals surface area contributed by atoms with Crippen LogP contribution in [0, 0.1) is 0 Å². The molecule has 1 saturated heterocycles. The van der Waals surface area contributed by atoms with Gasteiger partial charge >= 0.3 is 0 Å². The van der Waals surface area contributed by atoms with Crippen molar-refractivity contribution in [1.29, 1.82) is 0 Å². The largest absolute Gasteiger partial charge is 0.351 e. The molecule has 1 aliphatic heterocycles. The van der Waals surface area contributed by atoms with Gasteiger partial charge in [-0.25, -0.2) is 21.1 Å². The molecule has 0 aliphatic carbocycles. The molecule has 1 fully saturated rings. The lowest BCUT2D eigenvalue weighted by Gasteiger charge is -2.25. The van der Waals surface area contributed by atoms with E-state index in [1.807, 2.05) is 0 Å². The molecule has 12 heteroatoms. The molecular formula is C15H25N3O5S4. The number of thioether (sulfide) groups is 1. The van der Waals surface area contributed by atoms with E-state index in [4.69, 9.17) is 0 Å². The highest BCUT2D eigenvalue weighted by Crippen LogP contribution is 2.27. The summed E-state index contributed by atoms with van der Waals surface area (Å²) in [6, 6.07) is 1.47. The number of rotatable bonds is 9. The third-order valence-electron chi connectivity index (χ3n) is 4.20. The molecule has 154 valence electrons. The summed E-state index contributed by atoms with van der Waals surface area (Å²) < 4.78 is 51.7. The molecule has 0 unspecified atom stereocenters. The van der Waals surface area contributed by atoms with Gasteiger partial charge in [0.15, 0.2) is 0 Å². The zero-order chi connectivity index (χ0) is 20.1. The third-order valence-corrected chi connectivity index (χ3v) is 9.99. The summed E-state index contributed by atoms with van der Waals surface area (Å²) >= 11 is 2.80. The van der Waals surface area contributed by atoms with Gasteiger partial charge in [-0.2, -0.15) is 16.1 Å². The number of nitrogens with zero attached hydrogens (tertiary/aromatic N) is 2. The van der Waals surface area contributed by atoms with Crippen molar-refractivity contribution in [3.8, 4) is 0 Å². The van der Waals surface area contributed by atoms with Crippen molar-refractivity contribution in [1.82, 2.24) is 13.9 Å². The van der Waals surface area contributed by atoms with Gasteiger partial charge in [0.1, 0.15) is 9.77 Å². The highest BCUT2D eigenvalue weighted by atomic mass is 32.2. The molecule has 0 atom stereocenters. The van der Waals surface area contributed by atoms with Gasteiger partial charge in [-0.05, 0) is 24.8 Å². The monoisotopic (exact) mass is 455 g/mol. The Morgan fingerprint density at radius 3 is 2.56 bits per heavy atom. The lowest BCUT2D eigenvalue weighted by Crippen LogP contribution is -2.38. The molecule has 1 aliphatic rings. The molecule has 0 spiro atoms. The standard InChI is InChI=1S/C15H25N3O5S4/c1-3-26(20,21)17(2)7-4-6-16-15(19)14-13(5-10-25-14)27(22,23)18-8-11-24-12-9-18/h5,10H,3-4,6-9,11-12H2,1-2H3,(H,16,19). The van der Waals surface area contributed by atoms with E-state index in [0.29, 0.717) is 19.5 Å². The van der Waals surface area contributed by atoms with Crippen LogP contribution < -0.4 is 5.32 Å². The van der Waals surface area contributed by atoms with E-state index >= 15 is 0 Å². The van der Waals surface area contributed by atoms with Crippen LogP contribution in [0.4, 0.5) is 0 Å². The summed E-state index contributed by atoms with van der Waals surface area (Å²) in [5, 5.41) is 4.29. The first-order valence-electron chi connectivity index (χ1n) is 8.57. The Kier molecular flexibility index (Phi) is 8.13. The Balaban J connectivity index is 1.95. The maximum atomic E-state index is 12.8. The fourth-order valence-corrected chi connectivity index (χ4v) is 7.28. The molecule has 1 aromatic heterocycles. The van der Waals surface area contributed by atoms with E-state index in [9.17, 15) is 21.6 Å². The Labute approximate surface area is 169 Å². The van der Waals surface area contributed by atoms with E-state index < -0.39 is 26.0 Å². The zero-order valence-electron chi connectivity index (χ0n) is 15.4. The van der Waals surface area contributed by atoms with E-state index in [-0.39, 0.29) is 28.6 Å². The van der Waals surface area contributed by atoms with Crippen molar-refractivity contribution >= 4 is 49.1 Å². The molecule has 0 saturated carbocycles. The number of sulfonamides is 2. The number of thiophene rings is 1. The smallest absolute Gasteiger partial charge is 0.262 e. The van der Waals surface area contributed by atoms with Crippen molar-refractivity contribution in [2.45, 2.75) is 18.2 Å². The summed E-state index contributed by atoms with van der Waals surface area (Å²) in [5.74, 6) is 1.08. The second-order valence-electron chi connectivity index (χ2n) is 5.96. The van der Waals surface area contributed by atoms with Crippen LogP contribution in [0.1, 0.15) is 23.0 Å². The zero-order valence-corrected chi connectivity index (χ0v) is 18.6. The lowest BCUT2D eigenvalue weighted by atomic mass is 10.4. The van der Waals surface area contributed by atoms with Gasteiger partial charge in [-0.1, -0.05) is 0 Å². The molecule has 1 aromatic rings. The summed E-state index contributed by atoms with van der Waals surface area (Å²) in [7, 11) is -5.42. The van der Waals surface area contributed by atoms with Crippen LogP contribution in [-0.2, 0) is 20.0 Å². The predicted molar refractivity (Wildman–Crippen MR) is 109 cm³/mol. The van der Waals surface area contributed by atoms with E-state index in [1.54, 1.807) is 24.1 Å². The van der Waals surface area contributed by atoms with Gasteiger partial charge in [-0.15, -0.1) is 11.3 Å². The van der Waals surface area contributed by atoms with Crippen LogP contribution >= 0.6 is 23.1 Å². The van der Waals surface area contributed by atoms with Crippen molar-refractivity contribution < 1.29 is 21.6 Å². The molecule has 27 heavy (non-hydrogen) atoms. The minimum atomic E-state index is -3.68. The van der Waals surface area contributed by atoms with Crippen LogP contribution in [0.5, 0.6) is 0 Å². The molecular weight excluding hydrogens is 430 g/mol. The van der Waals surface area contributed by atoms with Crippen molar-refractivity contribution in [2.75, 3.05) is 50.5 Å². The SMILES string of the molecule is CCS(=O)(=O)N(C)CCCNC(=O)c1sccc1S(=O)(=O)N1CCSCC1. The van der Waals surface area contributed by atoms with Gasteiger partial charge in [0.05, 0.1) is 5.75 Å². The van der Waals surface area contributed by atoms with Crippen molar-refractivity contribution in [3.05, 3.63) is 16.3 Å². The summed E-state index contributed by atoms with van der Waals surface area (Å²) in [4.78, 5) is 12.6. The molecule has 1 N–H and O–H groups in total. The van der Waals surface area contributed by atoms with E-state index in [2.05, 4.69) is 5.32 Å². The van der Waals surface area contributed by atoms with Gasteiger partial charge in [0.2, 0.25) is 20.0 Å². The average molecular weight is 456 g/mol. The first-order valence-corrected chi connectivity index (χ1v) is 13.7. The Morgan fingerprint density at radius 1 is 1.26 bits per heavy atom. The fourth-order valence-electron chi connectivity index (χ4n) is 2.54. The quantitative estimate of drug-likeness (QED) is 0.555. The van der Waals surface area contributed by atoms with Crippen LogP contribution in [0.3, 0.4) is 0 Å². The van der Waals surface area contributed by atoms with Crippen molar-refractivity contribution in [2.24, 2.45) is 0 Å². The fraction of sp³-hybridized carbons (Fsp3) is 0.667. The molecule has 0 aromatic carbocycles. The molecule has 2 heterocycles. The molecule has 0 bridgehead atoms. The first-order chi connectivity index (χ1) is 12.7. The summed E-state index contributed by atoms with van der Waals surface area (Å²) in [6.07, 6.45) is 0.443. The maximum Gasteiger partial charge on any atom is 0.262 e. The molecule has 0 radical (unpaired) electrons. The Hall–Kier alpha value is -0.660. The highest BCUT2D eigenvalue weighted by molar-refractivity contribution is 7.99. The van der Waals surface area contributed by atoms with Gasteiger partial charge in [-0.3, -0.25) is 4.79 Å².